The fourth-order valence-corrected chi connectivity index (χ4v) is 4.50. The Morgan fingerprint density at radius 1 is 1.12 bits per heavy atom. The summed E-state index contributed by atoms with van der Waals surface area (Å²) in [5, 5.41) is 3.68. The Hall–Kier alpha value is -2.18. The van der Waals surface area contributed by atoms with Gasteiger partial charge in [-0.2, -0.15) is 0 Å². The second kappa shape index (κ2) is 14.1. The molecule has 7 heteroatoms. The van der Waals surface area contributed by atoms with Gasteiger partial charge in [-0.05, 0) is 42.2 Å². The van der Waals surface area contributed by atoms with Crippen LogP contribution in [-0.4, -0.2) is 42.2 Å². The van der Waals surface area contributed by atoms with E-state index in [0.717, 1.165) is 29.7 Å². The molecule has 0 aliphatic rings. The van der Waals surface area contributed by atoms with Crippen LogP contribution in [0.2, 0.25) is 5.02 Å². The molecular weight excluding hydrogens is 444 g/mol. The van der Waals surface area contributed by atoms with E-state index < -0.39 is 6.04 Å². The molecule has 0 saturated carbocycles. The molecule has 0 heterocycles. The third kappa shape index (κ3) is 8.06. The molecular formula is C25H33ClN2O3S. The smallest absolute Gasteiger partial charge is 0.242 e. The summed E-state index contributed by atoms with van der Waals surface area (Å²) in [5.41, 5.74) is 1.95. The highest BCUT2D eigenvalue weighted by atomic mass is 35.5. The van der Waals surface area contributed by atoms with Crippen LogP contribution in [0.4, 0.5) is 0 Å². The van der Waals surface area contributed by atoms with Crippen LogP contribution in [-0.2, 0) is 21.9 Å². The number of hydrogen-bond donors (Lipinski definition) is 1. The fraction of sp³-hybridized carbons (Fsp3) is 0.440. The van der Waals surface area contributed by atoms with Gasteiger partial charge in [0.05, 0.1) is 12.9 Å². The van der Waals surface area contributed by atoms with Gasteiger partial charge in [-0.15, -0.1) is 11.8 Å². The number of amides is 2. The minimum atomic E-state index is -0.512. The maximum absolute atomic E-state index is 13.2. The van der Waals surface area contributed by atoms with E-state index in [1.54, 1.807) is 12.0 Å². The number of benzene rings is 2. The lowest BCUT2D eigenvalue weighted by Crippen LogP contribution is -2.49. The Kier molecular flexibility index (Phi) is 11.5. The number of nitrogens with one attached hydrogen (secondary N) is 1. The summed E-state index contributed by atoms with van der Waals surface area (Å²) >= 11 is 7.74. The zero-order chi connectivity index (χ0) is 23.3. The first-order chi connectivity index (χ1) is 15.5. The second-order valence-corrected chi connectivity index (χ2v) is 8.92. The van der Waals surface area contributed by atoms with Crippen LogP contribution in [0.25, 0.3) is 0 Å². The predicted molar refractivity (Wildman–Crippen MR) is 133 cm³/mol. The van der Waals surface area contributed by atoms with Gasteiger partial charge in [0, 0.05) is 23.9 Å². The van der Waals surface area contributed by atoms with Crippen molar-refractivity contribution in [3.63, 3.8) is 0 Å². The maximum Gasteiger partial charge on any atom is 0.242 e. The van der Waals surface area contributed by atoms with Crippen molar-refractivity contribution >= 4 is 35.2 Å². The second-order valence-electron chi connectivity index (χ2n) is 7.52. The van der Waals surface area contributed by atoms with E-state index in [-0.39, 0.29) is 17.6 Å². The molecule has 2 aromatic rings. The van der Waals surface area contributed by atoms with Crippen LogP contribution in [0.15, 0.2) is 48.5 Å². The summed E-state index contributed by atoms with van der Waals surface area (Å²) in [6.07, 6.45) is 2.47. The summed E-state index contributed by atoms with van der Waals surface area (Å²) < 4.78 is 5.23. The van der Waals surface area contributed by atoms with Crippen molar-refractivity contribution in [3.8, 4) is 5.75 Å². The summed E-state index contributed by atoms with van der Waals surface area (Å²) in [6.45, 7) is 5.02. The summed E-state index contributed by atoms with van der Waals surface area (Å²) in [4.78, 5) is 27.8. The van der Waals surface area contributed by atoms with Gasteiger partial charge in [0.2, 0.25) is 11.8 Å². The molecule has 0 fully saturated rings. The highest BCUT2D eigenvalue weighted by molar-refractivity contribution is 7.99. The molecule has 32 heavy (non-hydrogen) atoms. The first-order valence-electron chi connectivity index (χ1n) is 11.0. The minimum absolute atomic E-state index is 0.0598. The number of carbonyl (C=O) groups is 2. The SMILES string of the molecule is CCCCNC(=O)C(CC)N(Cc1ccc(OC)cc1)C(=O)CSCc1ccccc1Cl. The normalized spacial score (nSPS) is 11.6. The first-order valence-corrected chi connectivity index (χ1v) is 12.5. The zero-order valence-corrected chi connectivity index (χ0v) is 20.7. The molecule has 0 bridgehead atoms. The average molecular weight is 477 g/mol. The lowest BCUT2D eigenvalue weighted by Gasteiger charge is -2.30. The molecule has 0 saturated heterocycles. The van der Waals surface area contributed by atoms with Crippen LogP contribution in [0, 0.1) is 0 Å². The minimum Gasteiger partial charge on any atom is -0.497 e. The number of rotatable bonds is 13. The Labute approximate surface area is 200 Å². The van der Waals surface area contributed by atoms with E-state index in [4.69, 9.17) is 16.3 Å². The number of halogens is 1. The number of carbonyl (C=O) groups excluding carboxylic acids is 2. The van der Waals surface area contributed by atoms with Crippen molar-refractivity contribution < 1.29 is 14.3 Å². The predicted octanol–water partition coefficient (Wildman–Crippen LogP) is 5.31. The van der Waals surface area contributed by atoms with E-state index in [2.05, 4.69) is 12.2 Å². The molecule has 0 aliphatic heterocycles. The first kappa shape index (κ1) is 26.1. The van der Waals surface area contributed by atoms with E-state index in [0.29, 0.717) is 30.3 Å². The molecule has 0 aromatic heterocycles. The molecule has 5 nitrogen and oxygen atoms in total. The van der Waals surface area contributed by atoms with Gasteiger partial charge in [-0.1, -0.05) is 62.2 Å². The number of nitrogens with zero attached hydrogens (tertiary/aromatic N) is 1. The van der Waals surface area contributed by atoms with Crippen LogP contribution in [0.1, 0.15) is 44.2 Å². The standard InChI is InChI=1S/C25H33ClN2O3S/c1-4-6-15-27-25(30)23(5-2)28(16-19-11-13-21(31-3)14-12-19)24(29)18-32-17-20-9-7-8-10-22(20)26/h7-14,23H,4-6,15-18H2,1-3H3,(H,27,30). The number of methoxy groups -OCH3 is 1. The molecule has 2 rings (SSSR count). The van der Waals surface area contributed by atoms with Crippen molar-refractivity contribution in [2.75, 3.05) is 19.4 Å². The van der Waals surface area contributed by atoms with Crippen molar-refractivity contribution in [2.24, 2.45) is 0 Å². The van der Waals surface area contributed by atoms with Gasteiger partial charge in [0.1, 0.15) is 11.8 Å². The Morgan fingerprint density at radius 2 is 1.84 bits per heavy atom. The number of unbranched alkanes of at least 4 members (excludes halogenated alkanes) is 1. The number of ether oxygens (including phenoxy) is 1. The Balaban J connectivity index is 2.12. The molecule has 2 aromatic carbocycles. The van der Waals surface area contributed by atoms with Crippen molar-refractivity contribution in [2.45, 2.75) is 51.4 Å². The number of thioether (sulfide) groups is 1. The van der Waals surface area contributed by atoms with Gasteiger partial charge >= 0.3 is 0 Å². The summed E-state index contributed by atoms with van der Waals surface area (Å²) in [6, 6.07) is 14.7. The largest absolute Gasteiger partial charge is 0.497 e. The van der Waals surface area contributed by atoms with Crippen molar-refractivity contribution in [1.82, 2.24) is 10.2 Å². The fourth-order valence-electron chi connectivity index (χ4n) is 3.30. The number of hydrogen-bond acceptors (Lipinski definition) is 4. The maximum atomic E-state index is 13.2. The van der Waals surface area contributed by atoms with E-state index in [1.165, 1.54) is 11.8 Å². The van der Waals surface area contributed by atoms with Crippen LogP contribution >= 0.6 is 23.4 Å². The van der Waals surface area contributed by atoms with Gasteiger partial charge in [-0.25, -0.2) is 0 Å². The Morgan fingerprint density at radius 3 is 2.47 bits per heavy atom. The van der Waals surface area contributed by atoms with Crippen LogP contribution in [0.5, 0.6) is 5.75 Å². The average Bonchev–Trinajstić information content (AvgIpc) is 2.80. The quantitative estimate of drug-likeness (QED) is 0.398. The van der Waals surface area contributed by atoms with Crippen LogP contribution in [0.3, 0.4) is 0 Å². The third-order valence-corrected chi connectivity index (χ3v) is 6.50. The molecule has 0 aliphatic carbocycles. The van der Waals surface area contributed by atoms with E-state index in [1.807, 2.05) is 55.5 Å². The third-order valence-electron chi connectivity index (χ3n) is 5.17. The molecule has 174 valence electrons. The molecule has 0 radical (unpaired) electrons. The van der Waals surface area contributed by atoms with Crippen molar-refractivity contribution in [1.29, 1.82) is 0 Å². The summed E-state index contributed by atoms with van der Waals surface area (Å²) in [5.74, 6) is 1.52. The van der Waals surface area contributed by atoms with Gasteiger partial charge in [0.15, 0.2) is 0 Å². The van der Waals surface area contributed by atoms with Gasteiger partial charge in [0.25, 0.3) is 0 Å². The molecule has 0 spiro atoms. The summed E-state index contributed by atoms with van der Waals surface area (Å²) in [7, 11) is 1.62. The monoisotopic (exact) mass is 476 g/mol. The highest BCUT2D eigenvalue weighted by Gasteiger charge is 2.28. The molecule has 1 N–H and O–H groups in total. The Bertz CT molecular complexity index is 861. The zero-order valence-electron chi connectivity index (χ0n) is 19.1. The topological polar surface area (TPSA) is 58.6 Å². The highest BCUT2D eigenvalue weighted by Crippen LogP contribution is 2.22. The molecule has 1 atom stereocenters. The lowest BCUT2D eigenvalue weighted by molar-refractivity contribution is -0.139. The van der Waals surface area contributed by atoms with Gasteiger partial charge < -0.3 is 15.0 Å². The van der Waals surface area contributed by atoms with Crippen LogP contribution < -0.4 is 10.1 Å². The molecule has 2 amide bonds. The van der Waals surface area contributed by atoms with Gasteiger partial charge in [-0.3, -0.25) is 9.59 Å². The molecule has 1 unspecified atom stereocenters. The van der Waals surface area contributed by atoms with Crippen molar-refractivity contribution in [3.05, 3.63) is 64.7 Å². The van der Waals surface area contributed by atoms with E-state index >= 15 is 0 Å². The lowest BCUT2D eigenvalue weighted by atomic mass is 10.1. The van der Waals surface area contributed by atoms with E-state index in [9.17, 15) is 9.59 Å².